The standard InChI is InChI=1S/C42H75O8P/c1-3-5-7-9-11-13-15-17-19-21-23-25-30-34-41(43)48-37-40(39(50-51(45,46)47)36-38-32-28-27-29-33-38)49-42(44)35-31-26-24-22-20-18-16-14-12-10-8-6-4-2/h27-29,32-33,39-40H,3-26,30-31,34-37H2,1-2H3,(H2,45,46,47)/t39?,40-/m1/s1. The number of phosphoric acid groups is 1. The normalized spacial score (nSPS) is 12.9. The molecule has 0 heterocycles. The first kappa shape index (κ1) is 47.3. The van der Waals surface area contributed by atoms with Gasteiger partial charge in [-0.05, 0) is 18.4 Å². The number of rotatable bonds is 36. The SMILES string of the molecule is CCCCCCCCCCCCCCCC(=O)OC[C@@H](OC(=O)CCCCCCCCCCCCCCC)C(Cc1ccccc1)OP(=O)(O)O. The van der Waals surface area contributed by atoms with E-state index in [1.165, 1.54) is 122 Å². The minimum atomic E-state index is -4.93. The van der Waals surface area contributed by atoms with E-state index in [4.69, 9.17) is 14.0 Å². The zero-order valence-corrected chi connectivity index (χ0v) is 33.4. The Labute approximate surface area is 311 Å². The van der Waals surface area contributed by atoms with Crippen molar-refractivity contribution in [2.45, 2.75) is 212 Å². The summed E-state index contributed by atoms with van der Waals surface area (Å²) in [6.45, 7) is 4.17. The van der Waals surface area contributed by atoms with E-state index in [0.29, 0.717) is 12.8 Å². The van der Waals surface area contributed by atoms with Crippen molar-refractivity contribution in [1.82, 2.24) is 0 Å². The summed E-state index contributed by atoms with van der Waals surface area (Å²) in [7, 11) is -4.93. The van der Waals surface area contributed by atoms with Gasteiger partial charge in [-0.25, -0.2) is 4.57 Å². The van der Waals surface area contributed by atoms with Crippen LogP contribution in [0.25, 0.3) is 0 Å². The number of esters is 2. The van der Waals surface area contributed by atoms with Gasteiger partial charge in [0.05, 0.1) is 0 Å². The van der Waals surface area contributed by atoms with Crippen LogP contribution in [0.1, 0.15) is 199 Å². The highest BCUT2D eigenvalue weighted by Gasteiger charge is 2.33. The third-order valence-electron chi connectivity index (χ3n) is 9.63. The fourth-order valence-corrected chi connectivity index (χ4v) is 7.09. The van der Waals surface area contributed by atoms with Gasteiger partial charge in [0.25, 0.3) is 0 Å². The number of carbonyl (C=O) groups is 2. The Balaban J connectivity index is 2.46. The van der Waals surface area contributed by atoms with Gasteiger partial charge in [0.1, 0.15) is 12.7 Å². The minimum absolute atomic E-state index is 0.0824. The first-order chi connectivity index (χ1) is 24.7. The zero-order valence-electron chi connectivity index (χ0n) is 32.5. The predicted molar refractivity (Wildman–Crippen MR) is 209 cm³/mol. The van der Waals surface area contributed by atoms with Crippen molar-refractivity contribution in [1.29, 1.82) is 0 Å². The van der Waals surface area contributed by atoms with Crippen molar-refractivity contribution >= 4 is 19.8 Å². The molecule has 0 saturated heterocycles. The van der Waals surface area contributed by atoms with Gasteiger partial charge < -0.3 is 19.3 Å². The zero-order chi connectivity index (χ0) is 37.3. The van der Waals surface area contributed by atoms with Crippen LogP contribution in [0.5, 0.6) is 0 Å². The molecule has 0 aromatic heterocycles. The van der Waals surface area contributed by atoms with Gasteiger partial charge in [0, 0.05) is 19.3 Å². The van der Waals surface area contributed by atoms with E-state index >= 15 is 0 Å². The predicted octanol–water partition coefficient (Wildman–Crippen LogP) is 12.1. The molecule has 0 aliphatic rings. The maximum Gasteiger partial charge on any atom is 0.469 e. The molecule has 2 N–H and O–H groups in total. The molecule has 296 valence electrons. The average Bonchev–Trinajstić information content (AvgIpc) is 3.10. The van der Waals surface area contributed by atoms with Gasteiger partial charge in [-0.15, -0.1) is 0 Å². The lowest BCUT2D eigenvalue weighted by molar-refractivity contribution is -0.165. The Morgan fingerprint density at radius 3 is 1.31 bits per heavy atom. The van der Waals surface area contributed by atoms with E-state index in [2.05, 4.69) is 13.8 Å². The molecule has 9 heteroatoms. The van der Waals surface area contributed by atoms with Crippen molar-refractivity contribution in [3.05, 3.63) is 35.9 Å². The summed E-state index contributed by atoms with van der Waals surface area (Å²) in [5.74, 6) is -0.895. The topological polar surface area (TPSA) is 119 Å². The molecule has 0 bridgehead atoms. The fourth-order valence-electron chi connectivity index (χ4n) is 6.53. The first-order valence-electron chi connectivity index (χ1n) is 20.9. The van der Waals surface area contributed by atoms with Gasteiger partial charge in [-0.3, -0.25) is 14.1 Å². The number of hydrogen-bond acceptors (Lipinski definition) is 6. The van der Waals surface area contributed by atoms with Crippen LogP contribution in [0.4, 0.5) is 0 Å². The Bertz CT molecular complexity index is 998. The molecule has 0 fully saturated rings. The summed E-state index contributed by atoms with van der Waals surface area (Å²) in [5.41, 5.74) is 0.756. The van der Waals surface area contributed by atoms with Crippen molar-refractivity contribution in [2.75, 3.05) is 6.61 Å². The number of hydrogen-bond donors (Lipinski definition) is 2. The molecule has 2 atom stereocenters. The van der Waals surface area contributed by atoms with Gasteiger partial charge >= 0.3 is 19.8 Å². The summed E-state index contributed by atoms with van der Waals surface area (Å²) in [6.07, 6.45) is 29.5. The van der Waals surface area contributed by atoms with E-state index < -0.39 is 32.0 Å². The van der Waals surface area contributed by atoms with Crippen molar-refractivity contribution in [2.24, 2.45) is 0 Å². The van der Waals surface area contributed by atoms with E-state index in [9.17, 15) is 23.9 Å². The van der Waals surface area contributed by atoms with E-state index in [1.54, 1.807) is 0 Å². The number of unbranched alkanes of at least 4 members (excludes halogenated alkanes) is 24. The molecular formula is C42H75O8P. The lowest BCUT2D eigenvalue weighted by Crippen LogP contribution is -2.39. The van der Waals surface area contributed by atoms with Crippen molar-refractivity contribution in [3.63, 3.8) is 0 Å². The average molecular weight is 739 g/mol. The third kappa shape index (κ3) is 30.4. The minimum Gasteiger partial charge on any atom is -0.462 e. The Kier molecular flexibility index (Phi) is 30.5. The summed E-state index contributed by atoms with van der Waals surface area (Å²) < 4.78 is 28.3. The summed E-state index contributed by atoms with van der Waals surface area (Å²) in [5, 5.41) is 0. The van der Waals surface area contributed by atoms with Gasteiger partial charge in [0.2, 0.25) is 0 Å². The maximum atomic E-state index is 12.9. The molecule has 51 heavy (non-hydrogen) atoms. The third-order valence-corrected chi connectivity index (χ3v) is 10.2. The van der Waals surface area contributed by atoms with Gasteiger partial charge in [-0.1, -0.05) is 198 Å². The molecular weight excluding hydrogens is 663 g/mol. The largest absolute Gasteiger partial charge is 0.469 e. The Hall–Kier alpha value is -1.73. The number of phosphoric ester groups is 1. The van der Waals surface area contributed by atoms with Crippen LogP contribution in [-0.4, -0.2) is 40.5 Å². The molecule has 1 rings (SSSR count). The molecule has 0 amide bonds. The molecule has 0 radical (unpaired) electrons. The maximum absolute atomic E-state index is 12.9. The van der Waals surface area contributed by atoms with E-state index in [0.717, 1.165) is 37.7 Å². The molecule has 1 aromatic rings. The lowest BCUT2D eigenvalue weighted by Gasteiger charge is -2.27. The Morgan fingerprint density at radius 1 is 0.549 bits per heavy atom. The lowest BCUT2D eigenvalue weighted by atomic mass is 10.0. The number of ether oxygens (including phenoxy) is 2. The molecule has 0 spiro atoms. The van der Waals surface area contributed by atoms with Crippen LogP contribution in [0.3, 0.4) is 0 Å². The highest BCUT2D eigenvalue weighted by atomic mass is 31.2. The molecule has 0 aliphatic heterocycles. The first-order valence-corrected chi connectivity index (χ1v) is 22.4. The van der Waals surface area contributed by atoms with Crippen LogP contribution in [0.15, 0.2) is 30.3 Å². The van der Waals surface area contributed by atoms with E-state index in [1.807, 2.05) is 30.3 Å². The second-order valence-electron chi connectivity index (χ2n) is 14.5. The second kappa shape index (κ2) is 32.9. The molecule has 1 unspecified atom stereocenters. The molecule has 0 aliphatic carbocycles. The van der Waals surface area contributed by atoms with Crippen LogP contribution in [-0.2, 0) is 34.6 Å². The summed E-state index contributed by atoms with van der Waals surface area (Å²) >= 11 is 0. The summed E-state index contributed by atoms with van der Waals surface area (Å²) in [6, 6.07) is 9.09. The quantitative estimate of drug-likeness (QED) is 0.0397. The van der Waals surface area contributed by atoms with Crippen molar-refractivity contribution < 1.29 is 37.9 Å². The molecule has 0 saturated carbocycles. The van der Waals surface area contributed by atoms with Crippen molar-refractivity contribution in [3.8, 4) is 0 Å². The van der Waals surface area contributed by atoms with Crippen LogP contribution in [0, 0.1) is 0 Å². The highest BCUT2D eigenvalue weighted by Crippen LogP contribution is 2.39. The molecule has 1 aromatic carbocycles. The Morgan fingerprint density at radius 2 is 0.922 bits per heavy atom. The van der Waals surface area contributed by atoms with E-state index in [-0.39, 0.29) is 25.9 Å². The molecule has 8 nitrogen and oxygen atoms in total. The van der Waals surface area contributed by atoms with Crippen LogP contribution < -0.4 is 0 Å². The van der Waals surface area contributed by atoms with Gasteiger partial charge in [0.15, 0.2) is 6.10 Å². The summed E-state index contributed by atoms with van der Waals surface area (Å²) in [4.78, 5) is 45.0. The number of benzene rings is 1. The van der Waals surface area contributed by atoms with Gasteiger partial charge in [-0.2, -0.15) is 0 Å². The second-order valence-corrected chi connectivity index (χ2v) is 15.7. The smallest absolute Gasteiger partial charge is 0.462 e. The van der Waals surface area contributed by atoms with Crippen LogP contribution in [0.2, 0.25) is 0 Å². The van der Waals surface area contributed by atoms with Crippen LogP contribution >= 0.6 is 7.82 Å². The monoisotopic (exact) mass is 739 g/mol. The number of carbonyl (C=O) groups excluding carboxylic acids is 2. The fraction of sp³-hybridized carbons (Fsp3) is 0.810. The highest BCUT2D eigenvalue weighted by molar-refractivity contribution is 7.46.